The standard InChI is InChI=1S/C7H8N2O3/c1-2-3-8-4-6(11)9(5-10)7(8)12/h10H,4-5H2,1H3. The fourth-order valence-electron chi connectivity index (χ4n) is 0.902. The number of amides is 3. The Hall–Kier alpha value is -1.54. The lowest BCUT2D eigenvalue weighted by Crippen LogP contribution is -2.32. The van der Waals surface area contributed by atoms with E-state index in [0.717, 1.165) is 9.80 Å². The maximum atomic E-state index is 11.1. The number of aliphatic hydroxyl groups excluding tert-OH is 1. The Bertz CT molecular complexity index is 276. The number of hydrogen-bond acceptors (Lipinski definition) is 3. The fraction of sp³-hybridized carbons (Fsp3) is 0.429. The highest BCUT2D eigenvalue weighted by Crippen LogP contribution is 2.06. The topological polar surface area (TPSA) is 60.9 Å². The molecular formula is C7H8N2O3. The summed E-state index contributed by atoms with van der Waals surface area (Å²) < 4.78 is 0. The van der Waals surface area contributed by atoms with Gasteiger partial charge in [0, 0.05) is 6.04 Å². The normalized spacial score (nSPS) is 16.5. The molecule has 64 valence electrons. The first kappa shape index (κ1) is 8.56. The van der Waals surface area contributed by atoms with Gasteiger partial charge in [-0.3, -0.25) is 4.79 Å². The first-order valence-electron chi connectivity index (χ1n) is 3.35. The molecule has 0 spiro atoms. The van der Waals surface area contributed by atoms with E-state index in [1.165, 1.54) is 0 Å². The van der Waals surface area contributed by atoms with Gasteiger partial charge in [-0.15, -0.1) is 0 Å². The smallest absolute Gasteiger partial charge is 0.340 e. The number of hydrogen-bond donors (Lipinski definition) is 1. The zero-order chi connectivity index (χ0) is 9.14. The molecule has 0 aromatic heterocycles. The highest BCUT2D eigenvalue weighted by molar-refractivity contribution is 6.02. The first-order valence-corrected chi connectivity index (χ1v) is 3.35. The molecule has 12 heavy (non-hydrogen) atoms. The molecule has 0 bridgehead atoms. The molecule has 1 rings (SSSR count). The maximum absolute atomic E-state index is 11.1. The lowest BCUT2D eigenvalue weighted by Gasteiger charge is -2.08. The molecule has 0 unspecified atom stereocenters. The van der Waals surface area contributed by atoms with Gasteiger partial charge >= 0.3 is 6.03 Å². The quantitative estimate of drug-likeness (QED) is 0.411. The zero-order valence-corrected chi connectivity index (χ0v) is 6.57. The molecule has 5 heteroatoms. The predicted octanol–water partition coefficient (Wildman–Crippen LogP) is -0.819. The van der Waals surface area contributed by atoms with Gasteiger partial charge in [0.2, 0.25) is 0 Å². The van der Waals surface area contributed by atoms with Gasteiger partial charge in [0.05, 0.1) is 0 Å². The number of carbonyl (C=O) groups excluding carboxylic acids is 2. The summed E-state index contributed by atoms with van der Waals surface area (Å²) >= 11 is 0. The molecule has 1 aliphatic heterocycles. The van der Waals surface area contributed by atoms with E-state index in [0.29, 0.717) is 0 Å². The third-order valence-electron chi connectivity index (χ3n) is 1.44. The summed E-state index contributed by atoms with van der Waals surface area (Å²) in [7, 11) is 0. The van der Waals surface area contributed by atoms with E-state index in [9.17, 15) is 9.59 Å². The SMILES string of the molecule is CC#CN1CC(=O)N(CO)C1=O. The lowest BCUT2D eigenvalue weighted by molar-refractivity contribution is -0.127. The second-order valence-corrected chi connectivity index (χ2v) is 2.19. The van der Waals surface area contributed by atoms with Gasteiger partial charge in [-0.1, -0.05) is 5.92 Å². The van der Waals surface area contributed by atoms with Gasteiger partial charge in [-0.25, -0.2) is 14.6 Å². The van der Waals surface area contributed by atoms with Crippen LogP contribution in [0.1, 0.15) is 6.92 Å². The van der Waals surface area contributed by atoms with E-state index in [4.69, 9.17) is 5.11 Å². The minimum atomic E-state index is -0.584. The summed E-state index contributed by atoms with van der Waals surface area (Å²) in [6.07, 6.45) is 0. The van der Waals surface area contributed by atoms with Crippen LogP contribution in [0.15, 0.2) is 0 Å². The van der Waals surface area contributed by atoms with Crippen molar-refractivity contribution in [3.05, 3.63) is 0 Å². The molecule has 5 nitrogen and oxygen atoms in total. The van der Waals surface area contributed by atoms with Crippen molar-refractivity contribution in [3.8, 4) is 12.0 Å². The number of imide groups is 1. The second-order valence-electron chi connectivity index (χ2n) is 2.19. The first-order chi connectivity index (χ1) is 5.70. The van der Waals surface area contributed by atoms with Crippen molar-refractivity contribution in [2.24, 2.45) is 0 Å². The molecule has 1 N–H and O–H groups in total. The van der Waals surface area contributed by atoms with Crippen LogP contribution in [0.5, 0.6) is 0 Å². The molecule has 0 aliphatic carbocycles. The molecular weight excluding hydrogens is 160 g/mol. The van der Waals surface area contributed by atoms with Crippen LogP contribution in [-0.4, -0.2) is 40.1 Å². The maximum Gasteiger partial charge on any atom is 0.340 e. The molecule has 0 aromatic rings. The number of aliphatic hydroxyl groups is 1. The number of carbonyl (C=O) groups is 2. The Morgan fingerprint density at radius 3 is 2.67 bits per heavy atom. The monoisotopic (exact) mass is 168 g/mol. The summed E-state index contributed by atoms with van der Waals surface area (Å²) in [5.74, 6) is 2.07. The van der Waals surface area contributed by atoms with Crippen molar-refractivity contribution < 1.29 is 14.7 Å². The molecule has 1 fully saturated rings. The Labute approximate surface area is 69.6 Å². The van der Waals surface area contributed by atoms with Gasteiger partial charge < -0.3 is 5.11 Å². The Kier molecular flexibility index (Phi) is 2.31. The summed E-state index contributed by atoms with van der Waals surface area (Å²) in [5.41, 5.74) is 0. The number of urea groups is 1. The molecule has 0 saturated carbocycles. The van der Waals surface area contributed by atoms with E-state index in [2.05, 4.69) is 12.0 Å². The van der Waals surface area contributed by atoms with Crippen LogP contribution in [0.3, 0.4) is 0 Å². The third-order valence-corrected chi connectivity index (χ3v) is 1.44. The van der Waals surface area contributed by atoms with Gasteiger partial charge in [-0.05, 0) is 6.92 Å². The highest BCUT2D eigenvalue weighted by Gasteiger charge is 2.34. The fourth-order valence-corrected chi connectivity index (χ4v) is 0.902. The summed E-state index contributed by atoms with van der Waals surface area (Å²) in [4.78, 5) is 23.9. The van der Waals surface area contributed by atoms with Crippen LogP contribution < -0.4 is 0 Å². The minimum Gasteiger partial charge on any atom is -0.376 e. The number of nitrogens with zero attached hydrogens (tertiary/aromatic N) is 2. The van der Waals surface area contributed by atoms with Crippen molar-refractivity contribution in [3.63, 3.8) is 0 Å². The molecule has 1 heterocycles. The van der Waals surface area contributed by atoms with Crippen LogP contribution >= 0.6 is 0 Å². The van der Waals surface area contributed by atoms with Crippen LogP contribution in [0.25, 0.3) is 0 Å². The predicted molar refractivity (Wildman–Crippen MR) is 39.5 cm³/mol. The average molecular weight is 168 g/mol. The minimum absolute atomic E-state index is 0.0692. The summed E-state index contributed by atoms with van der Waals surface area (Å²) in [5, 5.41) is 8.60. The van der Waals surface area contributed by atoms with Crippen molar-refractivity contribution >= 4 is 11.9 Å². The van der Waals surface area contributed by atoms with E-state index in [1.54, 1.807) is 6.92 Å². The molecule has 0 atom stereocenters. The Balaban J connectivity index is 2.80. The second kappa shape index (κ2) is 3.24. The van der Waals surface area contributed by atoms with Crippen molar-refractivity contribution in [2.75, 3.05) is 13.3 Å². The summed E-state index contributed by atoms with van der Waals surface area (Å²) in [6.45, 7) is 0.916. The van der Waals surface area contributed by atoms with Crippen molar-refractivity contribution in [1.29, 1.82) is 0 Å². The Morgan fingerprint density at radius 1 is 1.58 bits per heavy atom. The van der Waals surface area contributed by atoms with E-state index >= 15 is 0 Å². The third kappa shape index (κ3) is 1.24. The van der Waals surface area contributed by atoms with Gasteiger partial charge in [-0.2, -0.15) is 0 Å². The molecule has 0 aromatic carbocycles. The summed E-state index contributed by atoms with van der Waals surface area (Å²) in [6, 6.07) is 1.89. The van der Waals surface area contributed by atoms with Crippen LogP contribution in [-0.2, 0) is 4.79 Å². The zero-order valence-electron chi connectivity index (χ0n) is 6.57. The Morgan fingerprint density at radius 2 is 2.25 bits per heavy atom. The van der Waals surface area contributed by atoms with Gasteiger partial charge in [0.1, 0.15) is 13.3 Å². The van der Waals surface area contributed by atoms with Crippen LogP contribution in [0.4, 0.5) is 4.79 Å². The largest absolute Gasteiger partial charge is 0.376 e. The highest BCUT2D eigenvalue weighted by atomic mass is 16.3. The molecule has 0 radical (unpaired) electrons. The molecule has 1 aliphatic rings. The van der Waals surface area contributed by atoms with Crippen molar-refractivity contribution in [2.45, 2.75) is 6.92 Å². The van der Waals surface area contributed by atoms with Gasteiger partial charge in [0.15, 0.2) is 0 Å². The average Bonchev–Trinajstić information content (AvgIpc) is 2.29. The lowest BCUT2D eigenvalue weighted by atomic mass is 10.6. The molecule has 1 saturated heterocycles. The van der Waals surface area contributed by atoms with Crippen LogP contribution in [0.2, 0.25) is 0 Å². The van der Waals surface area contributed by atoms with E-state index < -0.39 is 18.7 Å². The number of rotatable bonds is 1. The van der Waals surface area contributed by atoms with E-state index in [1.807, 2.05) is 0 Å². The van der Waals surface area contributed by atoms with Gasteiger partial charge in [0.25, 0.3) is 5.91 Å². The van der Waals surface area contributed by atoms with Crippen molar-refractivity contribution in [1.82, 2.24) is 9.80 Å². The molecule has 3 amide bonds. The van der Waals surface area contributed by atoms with Crippen LogP contribution in [0, 0.1) is 12.0 Å². The van der Waals surface area contributed by atoms with E-state index in [-0.39, 0.29) is 6.54 Å².